The molecular formula is C12H18N2O. The fourth-order valence-electron chi connectivity index (χ4n) is 1.78. The second-order valence-electron chi connectivity index (χ2n) is 3.44. The maximum absolute atomic E-state index is 11.4. The maximum atomic E-state index is 11.4. The highest BCUT2D eigenvalue weighted by Gasteiger charge is 2.22. The second-order valence-corrected chi connectivity index (χ2v) is 3.44. The molecule has 0 bridgehead atoms. The van der Waals surface area contributed by atoms with Gasteiger partial charge >= 0.3 is 0 Å². The van der Waals surface area contributed by atoms with Gasteiger partial charge in [-0.15, -0.1) is 0 Å². The molecule has 0 aliphatic heterocycles. The smallest absolute Gasteiger partial charge is 0.239 e. The first kappa shape index (κ1) is 11.7. The predicted octanol–water partition coefficient (Wildman–Crippen LogP) is 1.55. The topological polar surface area (TPSA) is 46.3 Å². The van der Waals surface area contributed by atoms with Crippen LogP contribution in [0.15, 0.2) is 30.3 Å². The predicted molar refractivity (Wildman–Crippen MR) is 61.3 cm³/mol. The molecule has 0 aliphatic carbocycles. The molecule has 0 unspecified atom stereocenters. The van der Waals surface area contributed by atoms with Crippen LogP contribution in [0.2, 0.25) is 0 Å². The van der Waals surface area contributed by atoms with Crippen molar-refractivity contribution in [2.45, 2.75) is 19.9 Å². The first-order valence-electron chi connectivity index (χ1n) is 5.29. The highest BCUT2D eigenvalue weighted by atomic mass is 16.1. The van der Waals surface area contributed by atoms with Crippen LogP contribution in [0.1, 0.15) is 25.5 Å². The van der Waals surface area contributed by atoms with Crippen LogP contribution in [-0.4, -0.2) is 23.9 Å². The highest BCUT2D eigenvalue weighted by molar-refractivity contribution is 5.81. The van der Waals surface area contributed by atoms with Crippen LogP contribution in [0.25, 0.3) is 0 Å². The van der Waals surface area contributed by atoms with Crippen LogP contribution >= 0.6 is 0 Å². The van der Waals surface area contributed by atoms with E-state index < -0.39 is 0 Å². The van der Waals surface area contributed by atoms with Crippen molar-refractivity contribution < 1.29 is 4.79 Å². The van der Waals surface area contributed by atoms with Gasteiger partial charge < -0.3 is 5.73 Å². The molecule has 1 aromatic carbocycles. The average molecular weight is 206 g/mol. The van der Waals surface area contributed by atoms with Crippen molar-refractivity contribution in [2.75, 3.05) is 13.1 Å². The fraction of sp³-hybridized carbons (Fsp3) is 0.417. The minimum atomic E-state index is -0.304. The molecule has 1 amide bonds. The lowest BCUT2D eigenvalue weighted by molar-refractivity contribution is -0.123. The Bertz CT molecular complexity index is 307. The molecule has 1 rings (SSSR count). The summed E-state index contributed by atoms with van der Waals surface area (Å²) >= 11 is 0. The third kappa shape index (κ3) is 2.80. The molecule has 2 N–H and O–H groups in total. The molecule has 3 nitrogen and oxygen atoms in total. The largest absolute Gasteiger partial charge is 0.368 e. The summed E-state index contributed by atoms with van der Waals surface area (Å²) in [5.41, 5.74) is 6.41. The van der Waals surface area contributed by atoms with Crippen LogP contribution in [0.5, 0.6) is 0 Å². The van der Waals surface area contributed by atoms with E-state index in [1.165, 1.54) is 0 Å². The summed E-state index contributed by atoms with van der Waals surface area (Å²) in [6.45, 7) is 5.70. The molecule has 0 spiro atoms. The Hall–Kier alpha value is -1.35. The van der Waals surface area contributed by atoms with Gasteiger partial charge in [0.15, 0.2) is 0 Å². The molecule has 82 valence electrons. The van der Waals surface area contributed by atoms with Crippen molar-refractivity contribution in [3.05, 3.63) is 35.9 Å². The van der Waals surface area contributed by atoms with Crippen molar-refractivity contribution >= 4 is 5.91 Å². The Morgan fingerprint density at radius 3 is 2.20 bits per heavy atom. The Morgan fingerprint density at radius 2 is 1.80 bits per heavy atom. The van der Waals surface area contributed by atoms with Crippen molar-refractivity contribution in [3.8, 4) is 0 Å². The standard InChI is InChI=1S/C12H18N2O/c1-3-14(4-2)11(12(13)15)10-8-6-5-7-9-10/h5-9,11H,3-4H2,1-2H3,(H2,13,15)/t11-/m0/s1. The van der Waals surface area contributed by atoms with E-state index in [1.807, 2.05) is 44.2 Å². The zero-order chi connectivity index (χ0) is 11.3. The summed E-state index contributed by atoms with van der Waals surface area (Å²) in [5.74, 6) is -0.287. The summed E-state index contributed by atoms with van der Waals surface area (Å²) in [7, 11) is 0. The van der Waals surface area contributed by atoms with Gasteiger partial charge in [-0.05, 0) is 18.7 Å². The van der Waals surface area contributed by atoms with E-state index in [9.17, 15) is 4.79 Å². The summed E-state index contributed by atoms with van der Waals surface area (Å²) < 4.78 is 0. The van der Waals surface area contributed by atoms with Gasteiger partial charge in [0.1, 0.15) is 6.04 Å². The quantitative estimate of drug-likeness (QED) is 0.794. The maximum Gasteiger partial charge on any atom is 0.239 e. The number of carbonyl (C=O) groups is 1. The lowest BCUT2D eigenvalue weighted by Crippen LogP contribution is -2.37. The molecule has 15 heavy (non-hydrogen) atoms. The molecule has 1 aromatic rings. The van der Waals surface area contributed by atoms with Gasteiger partial charge in [-0.1, -0.05) is 44.2 Å². The molecule has 3 heteroatoms. The molecule has 0 fully saturated rings. The lowest BCUT2D eigenvalue weighted by Gasteiger charge is -2.27. The number of likely N-dealkylation sites (N-methyl/N-ethyl adjacent to an activating group) is 1. The zero-order valence-corrected chi connectivity index (χ0v) is 9.31. The third-order valence-electron chi connectivity index (χ3n) is 2.56. The van der Waals surface area contributed by atoms with E-state index in [2.05, 4.69) is 4.90 Å². The number of hydrogen-bond donors (Lipinski definition) is 1. The number of rotatable bonds is 5. The normalized spacial score (nSPS) is 12.7. The zero-order valence-electron chi connectivity index (χ0n) is 9.31. The summed E-state index contributed by atoms with van der Waals surface area (Å²) in [6.07, 6.45) is 0. The Labute approximate surface area is 90.9 Å². The third-order valence-corrected chi connectivity index (χ3v) is 2.56. The minimum absolute atomic E-state index is 0.287. The lowest BCUT2D eigenvalue weighted by atomic mass is 10.0. The number of benzene rings is 1. The second kappa shape index (κ2) is 5.51. The van der Waals surface area contributed by atoms with Gasteiger partial charge in [0, 0.05) is 0 Å². The van der Waals surface area contributed by atoms with Crippen molar-refractivity contribution in [2.24, 2.45) is 5.73 Å². The van der Waals surface area contributed by atoms with Gasteiger partial charge in [0.25, 0.3) is 0 Å². The SMILES string of the molecule is CCN(CC)[C@H](C(N)=O)c1ccccc1. The van der Waals surface area contributed by atoms with Gasteiger partial charge in [-0.3, -0.25) is 9.69 Å². The monoisotopic (exact) mass is 206 g/mol. The highest BCUT2D eigenvalue weighted by Crippen LogP contribution is 2.19. The van der Waals surface area contributed by atoms with Gasteiger partial charge in [0.2, 0.25) is 5.91 Å². The molecule has 0 saturated carbocycles. The van der Waals surface area contributed by atoms with E-state index in [1.54, 1.807) is 0 Å². The van der Waals surface area contributed by atoms with Gasteiger partial charge in [-0.2, -0.15) is 0 Å². The summed E-state index contributed by atoms with van der Waals surface area (Å²) in [5, 5.41) is 0. The number of carbonyl (C=O) groups excluding carboxylic acids is 1. The van der Waals surface area contributed by atoms with Crippen molar-refractivity contribution in [1.29, 1.82) is 0 Å². The van der Waals surface area contributed by atoms with Crippen LogP contribution in [0.3, 0.4) is 0 Å². The number of hydrogen-bond acceptors (Lipinski definition) is 2. The van der Waals surface area contributed by atoms with Crippen LogP contribution in [-0.2, 0) is 4.79 Å². The van der Waals surface area contributed by atoms with Crippen LogP contribution in [0, 0.1) is 0 Å². The molecular weight excluding hydrogens is 188 g/mol. The molecule has 0 heterocycles. The van der Waals surface area contributed by atoms with Crippen molar-refractivity contribution in [3.63, 3.8) is 0 Å². The van der Waals surface area contributed by atoms with E-state index in [0.717, 1.165) is 18.7 Å². The molecule has 0 radical (unpaired) electrons. The van der Waals surface area contributed by atoms with E-state index in [0.29, 0.717) is 0 Å². The molecule has 0 aromatic heterocycles. The van der Waals surface area contributed by atoms with E-state index in [4.69, 9.17) is 5.73 Å². The van der Waals surface area contributed by atoms with Gasteiger partial charge in [-0.25, -0.2) is 0 Å². The van der Waals surface area contributed by atoms with E-state index in [-0.39, 0.29) is 11.9 Å². The molecule has 0 aliphatic rings. The Morgan fingerprint density at radius 1 is 1.27 bits per heavy atom. The first-order valence-corrected chi connectivity index (χ1v) is 5.29. The molecule has 1 atom stereocenters. The first-order chi connectivity index (χ1) is 7.20. The number of amides is 1. The Balaban J connectivity index is 2.97. The van der Waals surface area contributed by atoms with Crippen LogP contribution in [0.4, 0.5) is 0 Å². The number of primary amides is 1. The Kier molecular flexibility index (Phi) is 4.31. The molecule has 0 saturated heterocycles. The summed E-state index contributed by atoms with van der Waals surface area (Å²) in [6, 6.07) is 9.36. The van der Waals surface area contributed by atoms with E-state index >= 15 is 0 Å². The number of nitrogens with two attached hydrogens (primary N) is 1. The fourth-order valence-corrected chi connectivity index (χ4v) is 1.78. The summed E-state index contributed by atoms with van der Waals surface area (Å²) in [4.78, 5) is 13.5. The number of nitrogens with zero attached hydrogens (tertiary/aromatic N) is 1. The van der Waals surface area contributed by atoms with Gasteiger partial charge in [0.05, 0.1) is 0 Å². The average Bonchev–Trinajstić information content (AvgIpc) is 2.26. The van der Waals surface area contributed by atoms with Crippen molar-refractivity contribution in [1.82, 2.24) is 4.90 Å². The minimum Gasteiger partial charge on any atom is -0.368 e. The van der Waals surface area contributed by atoms with Crippen LogP contribution < -0.4 is 5.73 Å².